The Balaban J connectivity index is 1.45. The van der Waals surface area contributed by atoms with Gasteiger partial charge in [0.05, 0.1) is 30.4 Å². The second-order valence-corrected chi connectivity index (χ2v) is 7.67. The summed E-state index contributed by atoms with van der Waals surface area (Å²) in [5.41, 5.74) is 3.17. The standard InChI is InChI=1S/C24H24ClFN4O3/c1-31-11-12-32-10-9-30-8-7-21-23(30)24(28-16-27-21)29-19-5-6-22(20(25)14-19)33-15-17-3-2-4-18(26)13-17/h2-8,13-14,16H,9-12,15H2,1H3,(H,27,28,29). The van der Waals surface area contributed by atoms with Gasteiger partial charge in [-0.3, -0.25) is 0 Å². The maximum Gasteiger partial charge on any atom is 0.158 e. The summed E-state index contributed by atoms with van der Waals surface area (Å²) in [7, 11) is 1.65. The average Bonchev–Trinajstić information content (AvgIpc) is 3.23. The quantitative estimate of drug-likeness (QED) is 0.303. The lowest BCUT2D eigenvalue weighted by atomic mass is 10.2. The van der Waals surface area contributed by atoms with E-state index < -0.39 is 0 Å². The number of aromatic nitrogens is 3. The fraction of sp³-hybridized carbons (Fsp3) is 0.250. The lowest BCUT2D eigenvalue weighted by molar-refractivity contribution is 0.0670. The Kier molecular flexibility index (Phi) is 7.72. The molecule has 2 heterocycles. The SMILES string of the molecule is COCCOCCn1ccc2ncnc(Nc3ccc(OCc4cccc(F)c4)c(Cl)c3)c21. The number of hydrogen-bond acceptors (Lipinski definition) is 6. The van der Waals surface area contributed by atoms with Gasteiger partial charge in [-0.05, 0) is 42.0 Å². The maximum atomic E-state index is 13.4. The van der Waals surface area contributed by atoms with Gasteiger partial charge in [-0.2, -0.15) is 0 Å². The molecule has 0 radical (unpaired) electrons. The van der Waals surface area contributed by atoms with Crippen LogP contribution in [0.15, 0.2) is 61.1 Å². The molecular formula is C24H24ClFN4O3. The van der Waals surface area contributed by atoms with Crippen LogP contribution < -0.4 is 10.1 Å². The summed E-state index contributed by atoms with van der Waals surface area (Å²) in [6.45, 7) is 2.53. The molecule has 0 saturated carbocycles. The van der Waals surface area contributed by atoms with Crippen molar-refractivity contribution in [3.05, 3.63) is 77.5 Å². The van der Waals surface area contributed by atoms with Crippen LogP contribution in [0, 0.1) is 5.82 Å². The molecule has 2 aromatic heterocycles. The summed E-state index contributed by atoms with van der Waals surface area (Å²) in [5.74, 6) is 0.867. The molecule has 0 unspecified atom stereocenters. The van der Waals surface area contributed by atoms with E-state index in [1.165, 1.54) is 18.5 Å². The lowest BCUT2D eigenvalue weighted by Crippen LogP contribution is -2.09. The Morgan fingerprint density at radius 2 is 1.97 bits per heavy atom. The highest BCUT2D eigenvalue weighted by atomic mass is 35.5. The highest BCUT2D eigenvalue weighted by molar-refractivity contribution is 6.32. The van der Waals surface area contributed by atoms with E-state index in [1.807, 2.05) is 22.9 Å². The summed E-state index contributed by atoms with van der Waals surface area (Å²) in [5, 5.41) is 3.75. The van der Waals surface area contributed by atoms with Gasteiger partial charge < -0.3 is 24.1 Å². The van der Waals surface area contributed by atoms with Gasteiger partial charge in [0.25, 0.3) is 0 Å². The first kappa shape index (κ1) is 23.0. The van der Waals surface area contributed by atoms with Crippen LogP contribution in [0.3, 0.4) is 0 Å². The van der Waals surface area contributed by atoms with Crippen molar-refractivity contribution < 1.29 is 18.6 Å². The zero-order valence-corrected chi connectivity index (χ0v) is 18.9. The average molecular weight is 471 g/mol. The van der Waals surface area contributed by atoms with Crippen LogP contribution in [0.4, 0.5) is 15.9 Å². The second kappa shape index (κ2) is 11.1. The fourth-order valence-corrected chi connectivity index (χ4v) is 3.57. The molecule has 0 bridgehead atoms. The van der Waals surface area contributed by atoms with Crippen molar-refractivity contribution in [3.63, 3.8) is 0 Å². The molecule has 0 amide bonds. The van der Waals surface area contributed by atoms with Crippen LogP contribution in [0.5, 0.6) is 5.75 Å². The number of methoxy groups -OCH3 is 1. The van der Waals surface area contributed by atoms with Gasteiger partial charge in [0, 0.05) is 25.5 Å². The van der Waals surface area contributed by atoms with Crippen LogP contribution in [-0.4, -0.2) is 41.5 Å². The van der Waals surface area contributed by atoms with Gasteiger partial charge in [0.2, 0.25) is 0 Å². The van der Waals surface area contributed by atoms with Gasteiger partial charge in [-0.15, -0.1) is 0 Å². The molecule has 4 aromatic rings. The van der Waals surface area contributed by atoms with Gasteiger partial charge in [0.15, 0.2) is 5.82 Å². The lowest BCUT2D eigenvalue weighted by Gasteiger charge is -2.13. The van der Waals surface area contributed by atoms with Crippen LogP contribution in [0.1, 0.15) is 5.56 Å². The van der Waals surface area contributed by atoms with Crippen molar-refractivity contribution in [3.8, 4) is 5.75 Å². The van der Waals surface area contributed by atoms with Crippen molar-refractivity contribution >= 4 is 34.1 Å². The third kappa shape index (κ3) is 5.98. The Labute approximate surface area is 196 Å². The molecule has 1 N–H and O–H groups in total. The van der Waals surface area contributed by atoms with Gasteiger partial charge >= 0.3 is 0 Å². The number of nitrogens with zero attached hydrogens (tertiary/aromatic N) is 3. The monoisotopic (exact) mass is 470 g/mol. The number of benzene rings is 2. The molecule has 2 aromatic carbocycles. The third-order valence-electron chi connectivity index (χ3n) is 4.94. The minimum atomic E-state index is -0.302. The Bertz CT molecular complexity index is 1220. The summed E-state index contributed by atoms with van der Waals surface area (Å²) < 4.78 is 31.7. The molecule has 172 valence electrons. The predicted molar refractivity (Wildman–Crippen MR) is 126 cm³/mol. The van der Waals surface area contributed by atoms with Crippen molar-refractivity contribution in [1.82, 2.24) is 14.5 Å². The highest BCUT2D eigenvalue weighted by Crippen LogP contribution is 2.31. The van der Waals surface area contributed by atoms with E-state index in [2.05, 4.69) is 15.3 Å². The second-order valence-electron chi connectivity index (χ2n) is 7.26. The fourth-order valence-electron chi connectivity index (χ4n) is 3.34. The van der Waals surface area contributed by atoms with Crippen molar-refractivity contribution in [2.75, 3.05) is 32.2 Å². The molecule has 4 rings (SSSR count). The van der Waals surface area contributed by atoms with E-state index in [4.69, 9.17) is 25.8 Å². The number of fused-ring (bicyclic) bond motifs is 1. The molecule has 7 nitrogen and oxygen atoms in total. The number of rotatable bonds is 11. The smallest absolute Gasteiger partial charge is 0.158 e. The Morgan fingerprint density at radius 3 is 2.79 bits per heavy atom. The minimum Gasteiger partial charge on any atom is -0.487 e. The Hall–Kier alpha value is -3.20. The molecule has 0 fully saturated rings. The summed E-state index contributed by atoms with van der Waals surface area (Å²) >= 11 is 6.43. The summed E-state index contributed by atoms with van der Waals surface area (Å²) in [4.78, 5) is 8.76. The van der Waals surface area contributed by atoms with Crippen LogP contribution in [0.2, 0.25) is 5.02 Å². The first-order chi connectivity index (χ1) is 16.1. The zero-order chi connectivity index (χ0) is 23.0. The predicted octanol–water partition coefficient (Wildman–Crippen LogP) is 5.21. The first-order valence-electron chi connectivity index (χ1n) is 10.4. The highest BCUT2D eigenvalue weighted by Gasteiger charge is 2.11. The number of nitrogens with one attached hydrogen (secondary N) is 1. The van der Waals surface area contributed by atoms with E-state index in [0.717, 1.165) is 22.3 Å². The molecule has 0 spiro atoms. The molecule has 9 heteroatoms. The molecule has 0 saturated heterocycles. The topological polar surface area (TPSA) is 70.4 Å². The van der Waals surface area contributed by atoms with E-state index >= 15 is 0 Å². The normalized spacial score (nSPS) is 11.1. The molecular weight excluding hydrogens is 447 g/mol. The van der Waals surface area contributed by atoms with Crippen LogP contribution in [-0.2, 0) is 22.6 Å². The maximum absolute atomic E-state index is 13.4. The first-order valence-corrected chi connectivity index (χ1v) is 10.8. The van der Waals surface area contributed by atoms with Crippen molar-refractivity contribution in [2.24, 2.45) is 0 Å². The van der Waals surface area contributed by atoms with E-state index in [1.54, 1.807) is 31.4 Å². The van der Waals surface area contributed by atoms with E-state index in [9.17, 15) is 4.39 Å². The number of hydrogen-bond donors (Lipinski definition) is 1. The van der Waals surface area contributed by atoms with Gasteiger partial charge in [0.1, 0.15) is 30.0 Å². The largest absolute Gasteiger partial charge is 0.487 e. The number of halogens is 2. The minimum absolute atomic E-state index is 0.219. The van der Waals surface area contributed by atoms with Crippen LogP contribution in [0.25, 0.3) is 11.0 Å². The summed E-state index contributed by atoms with van der Waals surface area (Å²) in [6.07, 6.45) is 3.47. The molecule has 0 aliphatic carbocycles. The van der Waals surface area contributed by atoms with E-state index in [-0.39, 0.29) is 12.4 Å². The van der Waals surface area contributed by atoms with Crippen molar-refractivity contribution in [2.45, 2.75) is 13.2 Å². The number of ether oxygens (including phenoxy) is 3. The van der Waals surface area contributed by atoms with Crippen molar-refractivity contribution in [1.29, 1.82) is 0 Å². The van der Waals surface area contributed by atoms with E-state index in [0.29, 0.717) is 43.0 Å². The summed E-state index contributed by atoms with van der Waals surface area (Å²) in [6, 6.07) is 13.6. The molecule has 0 atom stereocenters. The molecule has 33 heavy (non-hydrogen) atoms. The zero-order valence-electron chi connectivity index (χ0n) is 18.1. The van der Waals surface area contributed by atoms with Gasteiger partial charge in [-0.1, -0.05) is 23.7 Å². The molecule has 0 aliphatic heterocycles. The van der Waals surface area contributed by atoms with Crippen LogP contribution >= 0.6 is 11.6 Å². The molecule has 0 aliphatic rings. The third-order valence-corrected chi connectivity index (χ3v) is 5.23. The Morgan fingerprint density at radius 1 is 1.06 bits per heavy atom. The van der Waals surface area contributed by atoms with Gasteiger partial charge in [-0.25, -0.2) is 14.4 Å². The number of anilines is 2.